The van der Waals surface area contributed by atoms with Crippen molar-refractivity contribution in [2.24, 2.45) is 5.73 Å². The maximum atomic E-state index is 10.9. The van der Waals surface area contributed by atoms with Gasteiger partial charge >= 0.3 is 5.97 Å². The van der Waals surface area contributed by atoms with Crippen LogP contribution in [0.5, 0.6) is 0 Å². The van der Waals surface area contributed by atoms with Crippen molar-refractivity contribution in [3.8, 4) is 0 Å². The van der Waals surface area contributed by atoms with E-state index < -0.39 is 11.9 Å². The lowest BCUT2D eigenvalue weighted by Gasteiger charge is -2.09. The Kier molecular flexibility index (Phi) is 6.11. The van der Waals surface area contributed by atoms with Crippen molar-refractivity contribution in [2.45, 2.75) is 6.42 Å². The van der Waals surface area contributed by atoms with Gasteiger partial charge in [-0.1, -0.05) is 11.6 Å². The minimum absolute atomic E-state index is 0.0198. The average Bonchev–Trinajstić information content (AvgIpc) is 2.34. The Morgan fingerprint density at radius 2 is 2.11 bits per heavy atom. The number of primary amides is 1. The van der Waals surface area contributed by atoms with Crippen molar-refractivity contribution in [1.82, 2.24) is 0 Å². The van der Waals surface area contributed by atoms with E-state index in [1.165, 1.54) is 6.07 Å². The fourth-order valence-corrected chi connectivity index (χ4v) is 1.58. The van der Waals surface area contributed by atoms with E-state index in [2.05, 4.69) is 5.32 Å². The van der Waals surface area contributed by atoms with Gasteiger partial charge in [-0.2, -0.15) is 0 Å². The molecule has 0 atom stereocenters. The summed E-state index contributed by atoms with van der Waals surface area (Å²) >= 11 is 5.97. The Hall–Kier alpha value is -1.79. The molecule has 1 amide bonds. The molecule has 0 heterocycles. The van der Waals surface area contributed by atoms with Gasteiger partial charge in [0.2, 0.25) is 5.91 Å². The van der Waals surface area contributed by atoms with Crippen molar-refractivity contribution in [2.75, 3.05) is 25.1 Å². The molecule has 0 saturated heterocycles. The van der Waals surface area contributed by atoms with E-state index in [-0.39, 0.29) is 13.0 Å². The van der Waals surface area contributed by atoms with Crippen LogP contribution in [0.1, 0.15) is 16.8 Å². The maximum Gasteiger partial charge on any atom is 0.305 e. The highest BCUT2D eigenvalue weighted by Crippen LogP contribution is 2.22. The first kappa shape index (κ1) is 15.3. The summed E-state index contributed by atoms with van der Waals surface area (Å²) in [5, 5.41) is 11.8. The molecule has 6 nitrogen and oxygen atoms in total. The van der Waals surface area contributed by atoms with Crippen molar-refractivity contribution in [3.05, 3.63) is 28.8 Å². The summed E-state index contributed by atoms with van der Waals surface area (Å²) in [4.78, 5) is 21.2. The number of amides is 1. The molecular weight excluding hydrogens is 272 g/mol. The fraction of sp³-hybridized carbons (Fsp3) is 0.333. The quantitative estimate of drug-likeness (QED) is 0.626. The number of carbonyl (C=O) groups is 2. The number of nitrogens with two attached hydrogens (primary N) is 1. The van der Waals surface area contributed by atoms with Gasteiger partial charge < -0.3 is 20.9 Å². The van der Waals surface area contributed by atoms with Gasteiger partial charge in [0.15, 0.2) is 0 Å². The summed E-state index contributed by atoms with van der Waals surface area (Å²) in [7, 11) is 0. The SMILES string of the molecule is NC(=O)c1ccc(NCCOCCC(=O)O)c(Cl)c1. The lowest BCUT2D eigenvalue weighted by Crippen LogP contribution is -2.13. The van der Waals surface area contributed by atoms with Crippen LogP contribution in [0.25, 0.3) is 0 Å². The van der Waals surface area contributed by atoms with Gasteiger partial charge in [0.25, 0.3) is 0 Å². The van der Waals surface area contributed by atoms with Gasteiger partial charge in [-0.3, -0.25) is 9.59 Å². The number of halogens is 1. The van der Waals surface area contributed by atoms with E-state index in [0.717, 1.165) is 0 Å². The molecule has 0 aromatic heterocycles. The zero-order valence-corrected chi connectivity index (χ0v) is 10.9. The predicted molar refractivity (Wildman–Crippen MR) is 71.5 cm³/mol. The van der Waals surface area contributed by atoms with Crippen LogP contribution in [0, 0.1) is 0 Å². The van der Waals surface area contributed by atoms with Crippen LogP contribution in [-0.2, 0) is 9.53 Å². The first-order valence-corrected chi connectivity index (χ1v) is 6.01. The Morgan fingerprint density at radius 3 is 2.68 bits per heavy atom. The summed E-state index contributed by atoms with van der Waals surface area (Å²) in [6.45, 7) is 1.02. The number of hydrogen-bond donors (Lipinski definition) is 3. The second kappa shape index (κ2) is 7.60. The third kappa shape index (κ3) is 5.58. The monoisotopic (exact) mass is 286 g/mol. The number of carboxylic acid groups (broad SMARTS) is 1. The van der Waals surface area contributed by atoms with Gasteiger partial charge in [0, 0.05) is 12.1 Å². The third-order valence-corrected chi connectivity index (χ3v) is 2.59. The number of ether oxygens (including phenoxy) is 1. The fourth-order valence-electron chi connectivity index (χ4n) is 1.33. The molecule has 0 aliphatic carbocycles. The number of carbonyl (C=O) groups excluding carboxylic acids is 1. The molecule has 0 unspecified atom stereocenters. The molecule has 0 aliphatic rings. The van der Waals surface area contributed by atoms with Crippen LogP contribution < -0.4 is 11.1 Å². The number of hydrogen-bond acceptors (Lipinski definition) is 4. The molecule has 0 fully saturated rings. The summed E-state index contributed by atoms with van der Waals surface area (Å²) in [5.41, 5.74) is 6.13. The third-order valence-electron chi connectivity index (χ3n) is 2.28. The number of rotatable bonds is 8. The molecule has 1 aromatic carbocycles. The van der Waals surface area contributed by atoms with E-state index >= 15 is 0 Å². The Balaban J connectivity index is 2.33. The number of anilines is 1. The molecule has 7 heteroatoms. The minimum Gasteiger partial charge on any atom is -0.481 e. The second-order valence-corrected chi connectivity index (χ2v) is 4.15. The zero-order chi connectivity index (χ0) is 14.3. The predicted octanol–water partition coefficient (Wildman–Crippen LogP) is 1.34. The van der Waals surface area contributed by atoms with Crippen LogP contribution in [0.4, 0.5) is 5.69 Å². The van der Waals surface area contributed by atoms with Crippen molar-refractivity contribution >= 4 is 29.2 Å². The Bertz CT molecular complexity index is 465. The normalized spacial score (nSPS) is 10.2. The molecule has 1 rings (SSSR count). The number of benzene rings is 1. The lowest BCUT2D eigenvalue weighted by molar-refractivity contribution is -0.138. The molecule has 104 valence electrons. The number of nitrogens with one attached hydrogen (secondary N) is 1. The van der Waals surface area contributed by atoms with Crippen LogP contribution >= 0.6 is 11.6 Å². The summed E-state index contributed by atoms with van der Waals surface area (Å²) in [6.07, 6.45) is -0.0198. The maximum absolute atomic E-state index is 10.9. The van der Waals surface area contributed by atoms with E-state index in [4.69, 9.17) is 27.2 Å². The van der Waals surface area contributed by atoms with Crippen LogP contribution in [0.3, 0.4) is 0 Å². The van der Waals surface area contributed by atoms with Gasteiger partial charge in [-0.15, -0.1) is 0 Å². The lowest BCUT2D eigenvalue weighted by atomic mass is 10.2. The van der Waals surface area contributed by atoms with E-state index in [1.807, 2.05) is 0 Å². The Labute approximate surface area is 115 Å². The largest absolute Gasteiger partial charge is 0.481 e. The minimum atomic E-state index is -0.891. The zero-order valence-electron chi connectivity index (χ0n) is 10.2. The van der Waals surface area contributed by atoms with Crippen molar-refractivity contribution in [1.29, 1.82) is 0 Å². The van der Waals surface area contributed by atoms with E-state index in [0.29, 0.717) is 29.4 Å². The first-order chi connectivity index (χ1) is 9.00. The Morgan fingerprint density at radius 1 is 1.37 bits per heavy atom. The van der Waals surface area contributed by atoms with E-state index in [1.54, 1.807) is 12.1 Å². The standard InChI is InChI=1S/C12H15ClN2O4/c13-9-7-8(12(14)18)1-2-10(9)15-4-6-19-5-3-11(16)17/h1-2,7,15H,3-6H2,(H2,14,18)(H,16,17). The molecule has 19 heavy (non-hydrogen) atoms. The number of aliphatic carboxylic acids is 1. The number of carboxylic acids is 1. The first-order valence-electron chi connectivity index (χ1n) is 5.63. The summed E-state index contributed by atoms with van der Waals surface area (Å²) < 4.78 is 5.11. The highest BCUT2D eigenvalue weighted by molar-refractivity contribution is 6.33. The summed E-state index contributed by atoms with van der Waals surface area (Å²) in [6, 6.07) is 4.71. The molecule has 0 saturated carbocycles. The van der Waals surface area contributed by atoms with Crippen LogP contribution in [0.2, 0.25) is 5.02 Å². The molecule has 0 bridgehead atoms. The van der Waals surface area contributed by atoms with Crippen molar-refractivity contribution < 1.29 is 19.4 Å². The molecular formula is C12H15ClN2O4. The van der Waals surface area contributed by atoms with Gasteiger partial charge in [0.1, 0.15) is 0 Å². The van der Waals surface area contributed by atoms with Gasteiger partial charge in [-0.25, -0.2) is 0 Å². The summed E-state index contributed by atoms with van der Waals surface area (Å²) in [5.74, 6) is -1.43. The van der Waals surface area contributed by atoms with Crippen LogP contribution in [-0.4, -0.2) is 36.7 Å². The van der Waals surface area contributed by atoms with Crippen molar-refractivity contribution in [3.63, 3.8) is 0 Å². The second-order valence-electron chi connectivity index (χ2n) is 3.74. The molecule has 0 spiro atoms. The van der Waals surface area contributed by atoms with Gasteiger partial charge in [0.05, 0.1) is 30.3 Å². The molecule has 4 N–H and O–H groups in total. The molecule has 0 aliphatic heterocycles. The highest BCUT2D eigenvalue weighted by atomic mass is 35.5. The highest BCUT2D eigenvalue weighted by Gasteiger charge is 2.05. The molecule has 1 aromatic rings. The van der Waals surface area contributed by atoms with E-state index in [9.17, 15) is 9.59 Å². The smallest absolute Gasteiger partial charge is 0.305 e. The van der Waals surface area contributed by atoms with Crippen LogP contribution in [0.15, 0.2) is 18.2 Å². The average molecular weight is 287 g/mol. The molecule has 0 radical (unpaired) electrons. The van der Waals surface area contributed by atoms with Gasteiger partial charge in [-0.05, 0) is 18.2 Å². The topological polar surface area (TPSA) is 102 Å².